The first-order valence-corrected chi connectivity index (χ1v) is 10.8. The van der Waals surface area contributed by atoms with Gasteiger partial charge in [-0.1, -0.05) is 44.4 Å². The number of Topliss-reactive ketones (excluding diaryl/α,β-unsaturated/α-hetero) is 1. The van der Waals surface area contributed by atoms with E-state index < -0.39 is 18.1 Å². The van der Waals surface area contributed by atoms with Gasteiger partial charge in [-0.2, -0.15) is 0 Å². The lowest BCUT2D eigenvalue weighted by Crippen LogP contribution is -2.47. The predicted octanol–water partition coefficient (Wildman–Crippen LogP) is 3.34. The number of ether oxygens (including phenoxy) is 2. The molecule has 0 saturated heterocycles. The fourth-order valence-corrected chi connectivity index (χ4v) is 3.59. The van der Waals surface area contributed by atoms with Crippen molar-refractivity contribution in [2.24, 2.45) is 5.92 Å². The van der Waals surface area contributed by atoms with Crippen molar-refractivity contribution in [3.05, 3.63) is 23.8 Å². The number of amides is 1. The third-order valence-electron chi connectivity index (χ3n) is 5.54. The lowest BCUT2D eigenvalue weighted by molar-refractivity contribution is -0.132. The number of methoxy groups -OCH3 is 2. The van der Waals surface area contributed by atoms with E-state index in [9.17, 15) is 14.7 Å². The van der Waals surface area contributed by atoms with Crippen molar-refractivity contribution in [1.82, 2.24) is 5.32 Å². The van der Waals surface area contributed by atoms with Crippen molar-refractivity contribution >= 4 is 11.7 Å². The molecule has 0 bridgehead atoms. The number of unbranched alkanes of at least 4 members (excludes halogenated alkanes) is 2. The largest absolute Gasteiger partial charge is 0.392 e. The van der Waals surface area contributed by atoms with Crippen LogP contribution in [0.5, 0.6) is 0 Å². The summed E-state index contributed by atoms with van der Waals surface area (Å²) in [6.45, 7) is 4.15. The van der Waals surface area contributed by atoms with Crippen LogP contribution < -0.4 is 5.32 Å². The molecule has 1 amide bonds. The van der Waals surface area contributed by atoms with Gasteiger partial charge in [0.05, 0.1) is 24.2 Å². The van der Waals surface area contributed by atoms with Gasteiger partial charge >= 0.3 is 0 Å². The number of nitrogens with one attached hydrogen (secondary N) is 1. The van der Waals surface area contributed by atoms with Crippen LogP contribution in [0.1, 0.15) is 65.2 Å². The highest BCUT2D eigenvalue weighted by atomic mass is 16.5. The minimum atomic E-state index is -0.776. The van der Waals surface area contributed by atoms with Crippen LogP contribution in [0, 0.1) is 5.92 Å². The van der Waals surface area contributed by atoms with Gasteiger partial charge in [0.25, 0.3) is 0 Å². The summed E-state index contributed by atoms with van der Waals surface area (Å²) in [4.78, 5) is 24.5. The maximum absolute atomic E-state index is 12.3. The summed E-state index contributed by atoms with van der Waals surface area (Å²) >= 11 is 0. The average molecular weight is 410 g/mol. The third kappa shape index (κ3) is 9.24. The lowest BCUT2D eigenvalue weighted by atomic mass is 9.82. The van der Waals surface area contributed by atoms with Gasteiger partial charge in [-0.25, -0.2) is 0 Å². The molecule has 0 aromatic rings. The van der Waals surface area contributed by atoms with Gasteiger partial charge in [0.2, 0.25) is 5.91 Å². The number of hydrogen-bond acceptors (Lipinski definition) is 5. The monoisotopic (exact) mass is 409 g/mol. The van der Waals surface area contributed by atoms with Crippen LogP contribution >= 0.6 is 0 Å². The van der Waals surface area contributed by atoms with Crippen LogP contribution in [-0.2, 0) is 19.1 Å². The molecule has 6 heteroatoms. The SMILES string of the molecule is CCCCC[C@@H](C/C=C/CCC(=O)NC[C@H](OC)[C@H]1C(=O)C(C)=CC[C@@H]1O)OC. The molecule has 0 spiro atoms. The fraction of sp³-hybridized carbons (Fsp3) is 0.739. The fourth-order valence-electron chi connectivity index (χ4n) is 3.59. The van der Waals surface area contributed by atoms with Crippen molar-refractivity contribution in [3.63, 3.8) is 0 Å². The number of aliphatic hydroxyl groups excluding tert-OH is 1. The quantitative estimate of drug-likeness (QED) is 0.340. The van der Waals surface area contributed by atoms with Crippen LogP contribution in [-0.4, -0.2) is 55.9 Å². The molecule has 29 heavy (non-hydrogen) atoms. The van der Waals surface area contributed by atoms with E-state index in [4.69, 9.17) is 9.47 Å². The van der Waals surface area contributed by atoms with Crippen molar-refractivity contribution in [2.75, 3.05) is 20.8 Å². The maximum atomic E-state index is 12.3. The van der Waals surface area contributed by atoms with E-state index in [2.05, 4.69) is 18.3 Å². The number of carbonyl (C=O) groups is 2. The number of ketones is 1. The molecule has 1 aliphatic carbocycles. The highest BCUT2D eigenvalue weighted by molar-refractivity contribution is 5.98. The second kappa shape index (κ2) is 14.5. The Kier molecular flexibility index (Phi) is 12.7. The smallest absolute Gasteiger partial charge is 0.220 e. The zero-order valence-corrected chi connectivity index (χ0v) is 18.5. The third-order valence-corrected chi connectivity index (χ3v) is 5.54. The zero-order valence-electron chi connectivity index (χ0n) is 18.5. The molecule has 1 rings (SSSR count). The molecule has 6 nitrogen and oxygen atoms in total. The van der Waals surface area contributed by atoms with E-state index in [0.717, 1.165) is 12.8 Å². The summed E-state index contributed by atoms with van der Waals surface area (Å²) in [5.74, 6) is -0.837. The van der Waals surface area contributed by atoms with Crippen LogP contribution in [0.25, 0.3) is 0 Å². The molecule has 0 aromatic carbocycles. The minimum Gasteiger partial charge on any atom is -0.392 e. The summed E-state index contributed by atoms with van der Waals surface area (Å²) in [5.41, 5.74) is 0.642. The van der Waals surface area contributed by atoms with Gasteiger partial charge in [-0.05, 0) is 38.2 Å². The Morgan fingerprint density at radius 2 is 2.07 bits per heavy atom. The Hall–Kier alpha value is -1.50. The molecule has 0 fully saturated rings. The van der Waals surface area contributed by atoms with E-state index >= 15 is 0 Å². The summed E-state index contributed by atoms with van der Waals surface area (Å²) in [6.07, 6.45) is 11.8. The Bertz CT molecular complexity index is 557. The highest BCUT2D eigenvalue weighted by Gasteiger charge is 2.37. The second-order valence-electron chi connectivity index (χ2n) is 7.76. The molecular weight excluding hydrogens is 370 g/mol. The Labute approximate surface area is 175 Å². The van der Waals surface area contributed by atoms with Crippen molar-refractivity contribution in [3.8, 4) is 0 Å². The summed E-state index contributed by atoms with van der Waals surface area (Å²) in [5, 5.41) is 13.0. The standard InChI is InChI=1S/C23H39NO5/c1-5-6-8-11-18(28-3)12-9-7-10-13-21(26)24-16-20(29-4)22-19(25)15-14-17(2)23(22)27/h7,9,14,18-20,22,25H,5-6,8,10-13,15-16H2,1-4H3,(H,24,26)/b9-7+/t18-,19-,20-,22-/m0/s1. The first-order valence-electron chi connectivity index (χ1n) is 10.8. The molecule has 0 radical (unpaired) electrons. The molecule has 4 atom stereocenters. The molecule has 166 valence electrons. The van der Waals surface area contributed by atoms with Crippen LogP contribution in [0.15, 0.2) is 23.8 Å². The molecule has 1 aliphatic rings. The lowest BCUT2D eigenvalue weighted by Gasteiger charge is -2.31. The Morgan fingerprint density at radius 3 is 2.72 bits per heavy atom. The van der Waals surface area contributed by atoms with Gasteiger partial charge < -0.3 is 19.9 Å². The average Bonchev–Trinajstić information content (AvgIpc) is 2.71. The van der Waals surface area contributed by atoms with Crippen LogP contribution in [0.4, 0.5) is 0 Å². The molecule has 0 aliphatic heterocycles. The maximum Gasteiger partial charge on any atom is 0.220 e. The summed E-state index contributed by atoms with van der Waals surface area (Å²) in [7, 11) is 3.25. The second-order valence-corrected chi connectivity index (χ2v) is 7.76. The van der Waals surface area contributed by atoms with Gasteiger partial charge in [-0.3, -0.25) is 9.59 Å². The molecular formula is C23H39NO5. The normalized spacial score (nSPS) is 21.8. The number of rotatable bonds is 14. The Morgan fingerprint density at radius 1 is 1.31 bits per heavy atom. The van der Waals surface area contributed by atoms with E-state index in [1.807, 2.05) is 6.08 Å². The molecule has 0 saturated carbocycles. The first-order chi connectivity index (χ1) is 13.9. The highest BCUT2D eigenvalue weighted by Crippen LogP contribution is 2.25. The van der Waals surface area contributed by atoms with E-state index in [1.54, 1.807) is 20.1 Å². The van der Waals surface area contributed by atoms with Gasteiger partial charge in [0.15, 0.2) is 5.78 Å². The number of allylic oxidation sites excluding steroid dienone is 2. The molecule has 0 heterocycles. The predicted molar refractivity (Wildman–Crippen MR) is 115 cm³/mol. The number of hydrogen-bond donors (Lipinski definition) is 2. The summed E-state index contributed by atoms with van der Waals surface area (Å²) < 4.78 is 10.9. The Balaban J connectivity index is 2.33. The summed E-state index contributed by atoms with van der Waals surface area (Å²) in [6, 6.07) is 0. The van der Waals surface area contributed by atoms with Gasteiger partial charge in [-0.15, -0.1) is 0 Å². The van der Waals surface area contributed by atoms with Crippen molar-refractivity contribution in [1.29, 1.82) is 0 Å². The van der Waals surface area contributed by atoms with Crippen LogP contribution in [0.3, 0.4) is 0 Å². The van der Waals surface area contributed by atoms with Gasteiger partial charge in [0.1, 0.15) is 0 Å². The molecule has 0 unspecified atom stereocenters. The van der Waals surface area contributed by atoms with E-state index in [-0.39, 0.29) is 24.3 Å². The zero-order chi connectivity index (χ0) is 21.6. The number of carbonyl (C=O) groups excluding carboxylic acids is 2. The van der Waals surface area contributed by atoms with Gasteiger partial charge in [0, 0.05) is 27.2 Å². The first kappa shape index (κ1) is 25.5. The van der Waals surface area contributed by atoms with E-state index in [1.165, 1.54) is 26.4 Å². The van der Waals surface area contributed by atoms with Crippen molar-refractivity contribution in [2.45, 2.75) is 83.5 Å². The van der Waals surface area contributed by atoms with Crippen LogP contribution in [0.2, 0.25) is 0 Å². The molecule has 0 aromatic heterocycles. The number of aliphatic hydroxyl groups is 1. The minimum absolute atomic E-state index is 0.0899. The topological polar surface area (TPSA) is 84.9 Å². The molecule has 2 N–H and O–H groups in total. The van der Waals surface area contributed by atoms with Crippen molar-refractivity contribution < 1.29 is 24.2 Å². The van der Waals surface area contributed by atoms with E-state index in [0.29, 0.717) is 24.8 Å².